The van der Waals surface area contributed by atoms with Gasteiger partial charge in [-0.1, -0.05) is 6.07 Å². The first-order valence-electron chi connectivity index (χ1n) is 7.17. The minimum atomic E-state index is -3.88. The van der Waals surface area contributed by atoms with Gasteiger partial charge in [0.05, 0.1) is 23.1 Å². The molecule has 0 aromatic heterocycles. The Kier molecular flexibility index (Phi) is 4.56. The number of nitrogens with one attached hydrogen (secondary N) is 2. The number of carbonyl (C=O) groups excluding carboxylic acids is 1. The van der Waals surface area contributed by atoms with Crippen molar-refractivity contribution in [3.8, 4) is 17.6 Å². The first kappa shape index (κ1) is 16.8. The third-order valence-electron chi connectivity index (χ3n) is 3.35. The fourth-order valence-electron chi connectivity index (χ4n) is 2.16. The number of ether oxygens (including phenoxy) is 2. The van der Waals surface area contributed by atoms with Crippen molar-refractivity contribution in [2.75, 3.05) is 18.7 Å². The summed E-state index contributed by atoms with van der Waals surface area (Å²) >= 11 is 0. The van der Waals surface area contributed by atoms with Crippen LogP contribution >= 0.6 is 0 Å². The Morgan fingerprint density at radius 3 is 2.76 bits per heavy atom. The van der Waals surface area contributed by atoms with Gasteiger partial charge in [-0.05, 0) is 30.3 Å². The zero-order valence-electron chi connectivity index (χ0n) is 12.9. The summed E-state index contributed by atoms with van der Waals surface area (Å²) in [6.45, 7) is -0.413. The quantitative estimate of drug-likeness (QED) is 0.828. The largest absolute Gasteiger partial charge is 0.454 e. The minimum Gasteiger partial charge on any atom is -0.454 e. The van der Waals surface area contributed by atoms with Crippen LogP contribution in [-0.2, 0) is 14.8 Å². The van der Waals surface area contributed by atoms with Gasteiger partial charge in [-0.15, -0.1) is 0 Å². The molecule has 8 nitrogen and oxygen atoms in total. The van der Waals surface area contributed by atoms with Crippen molar-refractivity contribution in [3.63, 3.8) is 0 Å². The molecule has 0 fully saturated rings. The van der Waals surface area contributed by atoms with Crippen molar-refractivity contribution < 1.29 is 22.7 Å². The van der Waals surface area contributed by atoms with E-state index in [1.165, 1.54) is 24.3 Å². The number of nitrogens with zero attached hydrogens (tertiary/aromatic N) is 1. The number of benzene rings is 2. The van der Waals surface area contributed by atoms with E-state index in [1.54, 1.807) is 18.2 Å². The summed E-state index contributed by atoms with van der Waals surface area (Å²) in [6, 6.07) is 12.4. The van der Waals surface area contributed by atoms with Gasteiger partial charge in [0.2, 0.25) is 22.7 Å². The molecular weight excluding hydrogens is 346 g/mol. The lowest BCUT2D eigenvalue weighted by atomic mass is 10.2. The van der Waals surface area contributed by atoms with Crippen LogP contribution in [0.1, 0.15) is 5.56 Å². The highest BCUT2D eigenvalue weighted by Gasteiger charge is 2.20. The Morgan fingerprint density at radius 1 is 1.16 bits per heavy atom. The van der Waals surface area contributed by atoms with Crippen molar-refractivity contribution in [2.24, 2.45) is 0 Å². The maximum absolute atomic E-state index is 12.3. The smallest absolute Gasteiger partial charge is 0.241 e. The number of nitriles is 1. The van der Waals surface area contributed by atoms with Crippen molar-refractivity contribution in [1.82, 2.24) is 4.72 Å². The molecule has 0 atom stereocenters. The minimum absolute atomic E-state index is 0.0315. The normalized spacial score (nSPS) is 12.4. The maximum atomic E-state index is 12.3. The Labute approximate surface area is 144 Å². The van der Waals surface area contributed by atoms with E-state index in [4.69, 9.17) is 14.7 Å². The van der Waals surface area contributed by atoms with E-state index >= 15 is 0 Å². The van der Waals surface area contributed by atoms with Crippen LogP contribution in [0.2, 0.25) is 0 Å². The van der Waals surface area contributed by atoms with Gasteiger partial charge in [0.1, 0.15) is 0 Å². The molecule has 3 rings (SSSR count). The predicted molar refractivity (Wildman–Crippen MR) is 87.5 cm³/mol. The molecule has 9 heteroatoms. The van der Waals surface area contributed by atoms with Crippen LogP contribution in [0.3, 0.4) is 0 Å². The fraction of sp³-hybridized carbons (Fsp3) is 0.125. The number of fused-ring (bicyclic) bond motifs is 1. The Balaban J connectivity index is 1.63. The second kappa shape index (κ2) is 6.80. The molecule has 2 N–H and O–H groups in total. The molecule has 2 aromatic rings. The first-order chi connectivity index (χ1) is 12.0. The van der Waals surface area contributed by atoms with Gasteiger partial charge >= 0.3 is 0 Å². The van der Waals surface area contributed by atoms with E-state index in [-0.39, 0.29) is 11.7 Å². The van der Waals surface area contributed by atoms with Crippen molar-refractivity contribution in [3.05, 3.63) is 48.0 Å². The maximum Gasteiger partial charge on any atom is 0.241 e. The summed E-state index contributed by atoms with van der Waals surface area (Å²) in [5.74, 6) is 0.245. The molecule has 1 aliphatic rings. The van der Waals surface area contributed by atoms with Crippen LogP contribution in [0.4, 0.5) is 5.69 Å². The molecule has 0 spiro atoms. The fourth-order valence-corrected chi connectivity index (χ4v) is 3.16. The Morgan fingerprint density at radius 2 is 1.96 bits per heavy atom. The van der Waals surface area contributed by atoms with Gasteiger partial charge in [0.25, 0.3) is 0 Å². The second-order valence-electron chi connectivity index (χ2n) is 5.08. The lowest BCUT2D eigenvalue weighted by Crippen LogP contribution is -2.32. The summed E-state index contributed by atoms with van der Waals surface area (Å²) in [7, 11) is -3.88. The van der Waals surface area contributed by atoms with E-state index in [1.807, 2.05) is 6.07 Å². The van der Waals surface area contributed by atoms with Crippen LogP contribution in [0.15, 0.2) is 47.4 Å². The second-order valence-corrected chi connectivity index (χ2v) is 6.85. The molecule has 0 aliphatic carbocycles. The molecule has 2 aromatic carbocycles. The number of amides is 1. The lowest BCUT2D eigenvalue weighted by Gasteiger charge is -2.08. The molecule has 1 amide bonds. The van der Waals surface area contributed by atoms with Gasteiger partial charge < -0.3 is 14.8 Å². The molecule has 0 bridgehead atoms. The van der Waals surface area contributed by atoms with E-state index < -0.39 is 22.5 Å². The van der Waals surface area contributed by atoms with Crippen LogP contribution in [0.25, 0.3) is 0 Å². The SMILES string of the molecule is N#Cc1cccc(NC(=O)CNS(=O)(=O)c2ccc3c(c2)OCO3)c1. The molecule has 128 valence electrons. The number of carbonyl (C=O) groups is 1. The number of anilines is 1. The zero-order chi connectivity index (χ0) is 17.9. The van der Waals surface area contributed by atoms with Crippen LogP contribution in [0.5, 0.6) is 11.5 Å². The summed E-state index contributed by atoms with van der Waals surface area (Å²) in [5, 5.41) is 11.3. The van der Waals surface area contributed by atoms with Gasteiger partial charge in [-0.25, -0.2) is 13.1 Å². The van der Waals surface area contributed by atoms with Crippen LogP contribution in [0, 0.1) is 11.3 Å². The third kappa shape index (κ3) is 3.88. The first-order valence-corrected chi connectivity index (χ1v) is 8.65. The summed E-state index contributed by atoms with van der Waals surface area (Å²) < 4.78 is 37.0. The monoisotopic (exact) mass is 359 g/mol. The van der Waals surface area contributed by atoms with Crippen molar-refractivity contribution in [1.29, 1.82) is 5.26 Å². The molecular formula is C16H13N3O5S. The molecule has 25 heavy (non-hydrogen) atoms. The van der Waals surface area contributed by atoms with Crippen LogP contribution < -0.4 is 19.5 Å². The highest BCUT2D eigenvalue weighted by Crippen LogP contribution is 2.33. The van der Waals surface area contributed by atoms with Crippen LogP contribution in [-0.4, -0.2) is 27.7 Å². The van der Waals surface area contributed by atoms with Crippen molar-refractivity contribution >= 4 is 21.6 Å². The average molecular weight is 359 g/mol. The van der Waals surface area contributed by atoms with Gasteiger partial charge in [0, 0.05) is 11.8 Å². The molecule has 1 heterocycles. The van der Waals surface area contributed by atoms with E-state index in [0.29, 0.717) is 22.7 Å². The zero-order valence-corrected chi connectivity index (χ0v) is 13.7. The van der Waals surface area contributed by atoms with E-state index in [9.17, 15) is 13.2 Å². The highest BCUT2D eigenvalue weighted by atomic mass is 32.2. The van der Waals surface area contributed by atoms with Gasteiger partial charge in [0.15, 0.2) is 11.5 Å². The van der Waals surface area contributed by atoms with Crippen molar-refractivity contribution in [2.45, 2.75) is 4.90 Å². The van der Waals surface area contributed by atoms with Gasteiger partial charge in [-0.3, -0.25) is 4.79 Å². The number of hydrogen-bond acceptors (Lipinski definition) is 6. The summed E-state index contributed by atoms with van der Waals surface area (Å²) in [4.78, 5) is 11.9. The summed E-state index contributed by atoms with van der Waals surface area (Å²) in [6.07, 6.45) is 0. The summed E-state index contributed by atoms with van der Waals surface area (Å²) in [5.41, 5.74) is 0.796. The molecule has 0 unspecified atom stereocenters. The number of hydrogen-bond donors (Lipinski definition) is 2. The average Bonchev–Trinajstić information content (AvgIpc) is 3.08. The third-order valence-corrected chi connectivity index (χ3v) is 4.75. The predicted octanol–water partition coefficient (Wildman–Crippen LogP) is 1.20. The van der Waals surface area contributed by atoms with Gasteiger partial charge in [-0.2, -0.15) is 5.26 Å². The Bertz CT molecular complexity index is 966. The van der Waals surface area contributed by atoms with E-state index in [0.717, 1.165) is 0 Å². The van der Waals surface area contributed by atoms with E-state index in [2.05, 4.69) is 10.0 Å². The molecule has 0 radical (unpaired) electrons. The highest BCUT2D eigenvalue weighted by molar-refractivity contribution is 7.89. The topological polar surface area (TPSA) is 118 Å². The molecule has 0 saturated carbocycles. The molecule has 0 saturated heterocycles. The molecule has 1 aliphatic heterocycles. The Hall–Kier alpha value is -3.09. The number of rotatable bonds is 5. The number of sulfonamides is 1. The lowest BCUT2D eigenvalue weighted by molar-refractivity contribution is -0.115. The standard InChI is InChI=1S/C16H13N3O5S/c17-8-11-2-1-3-12(6-11)19-16(20)9-18-25(21,22)13-4-5-14-15(7-13)24-10-23-14/h1-7,18H,9-10H2,(H,19,20).